The molecule has 0 aliphatic heterocycles. The lowest BCUT2D eigenvalue weighted by molar-refractivity contribution is 0.325. The highest BCUT2D eigenvalue weighted by atomic mass is 16.5. The zero-order valence-corrected chi connectivity index (χ0v) is 11.3. The Labute approximate surface area is 118 Å². The monoisotopic (exact) mass is 266 g/mol. The average molecular weight is 266 g/mol. The Balaban J connectivity index is 1.86. The molecule has 0 amide bonds. The van der Waals surface area contributed by atoms with E-state index < -0.39 is 0 Å². The number of aromatic nitrogens is 1. The van der Waals surface area contributed by atoms with Crippen LogP contribution in [-0.2, 0) is 6.42 Å². The minimum Gasteiger partial charge on any atom is -0.492 e. The summed E-state index contributed by atoms with van der Waals surface area (Å²) in [4.78, 5) is 3.21. The Kier molecular flexibility index (Phi) is 3.70. The van der Waals surface area contributed by atoms with Crippen molar-refractivity contribution in [2.24, 2.45) is 5.73 Å². The second-order valence-corrected chi connectivity index (χ2v) is 4.82. The maximum absolute atomic E-state index is 5.70. The van der Waals surface area contributed by atoms with Gasteiger partial charge in [0, 0.05) is 24.7 Å². The number of ether oxygens (including phenoxy) is 1. The lowest BCUT2D eigenvalue weighted by atomic mass is 10.0. The fraction of sp³-hybridized carbons (Fsp3) is 0.176. The highest BCUT2D eigenvalue weighted by Gasteiger charge is 2.05. The third kappa shape index (κ3) is 2.68. The first kappa shape index (κ1) is 12.8. The van der Waals surface area contributed by atoms with Crippen LogP contribution in [-0.4, -0.2) is 18.1 Å². The second kappa shape index (κ2) is 5.80. The van der Waals surface area contributed by atoms with Crippen LogP contribution >= 0.6 is 0 Å². The van der Waals surface area contributed by atoms with E-state index in [1.807, 2.05) is 24.4 Å². The van der Waals surface area contributed by atoms with Crippen LogP contribution in [0.4, 0.5) is 0 Å². The van der Waals surface area contributed by atoms with Crippen LogP contribution in [0.3, 0.4) is 0 Å². The predicted octanol–water partition coefficient (Wildman–Crippen LogP) is 3.10. The highest BCUT2D eigenvalue weighted by molar-refractivity contribution is 5.80. The number of hydrogen-bond donors (Lipinski definition) is 2. The third-order valence-corrected chi connectivity index (χ3v) is 3.36. The number of nitrogens with one attached hydrogen (secondary N) is 1. The normalized spacial score (nSPS) is 10.8. The number of rotatable bonds is 5. The van der Waals surface area contributed by atoms with Crippen LogP contribution in [0.2, 0.25) is 0 Å². The molecule has 2 aromatic carbocycles. The molecule has 0 saturated carbocycles. The predicted molar refractivity (Wildman–Crippen MR) is 82.1 cm³/mol. The third-order valence-electron chi connectivity index (χ3n) is 3.36. The van der Waals surface area contributed by atoms with Crippen LogP contribution < -0.4 is 10.5 Å². The van der Waals surface area contributed by atoms with Gasteiger partial charge in [-0.05, 0) is 40.8 Å². The lowest BCUT2D eigenvalue weighted by Crippen LogP contribution is -2.11. The molecule has 0 unspecified atom stereocenters. The van der Waals surface area contributed by atoms with E-state index in [-0.39, 0.29) is 0 Å². The van der Waals surface area contributed by atoms with E-state index in [4.69, 9.17) is 10.5 Å². The van der Waals surface area contributed by atoms with Crippen molar-refractivity contribution in [3.05, 3.63) is 65.9 Å². The number of aromatic amines is 1. The summed E-state index contributed by atoms with van der Waals surface area (Å²) in [5.74, 6) is 0.923. The largest absolute Gasteiger partial charge is 0.492 e. The van der Waals surface area contributed by atoms with Gasteiger partial charge in [-0.15, -0.1) is 0 Å². The van der Waals surface area contributed by atoms with E-state index in [9.17, 15) is 0 Å². The summed E-state index contributed by atoms with van der Waals surface area (Å²) in [5.41, 5.74) is 9.14. The van der Waals surface area contributed by atoms with Crippen LogP contribution in [0.5, 0.6) is 5.75 Å². The van der Waals surface area contributed by atoms with Crippen LogP contribution in [0, 0.1) is 0 Å². The maximum Gasteiger partial charge on any atom is 0.122 e. The Bertz CT molecular complexity index is 703. The molecule has 0 saturated heterocycles. The van der Waals surface area contributed by atoms with Gasteiger partial charge < -0.3 is 15.5 Å². The van der Waals surface area contributed by atoms with Crippen molar-refractivity contribution in [1.82, 2.24) is 4.98 Å². The number of nitrogens with two attached hydrogens (primary N) is 1. The van der Waals surface area contributed by atoms with Crippen molar-refractivity contribution < 1.29 is 4.74 Å². The topological polar surface area (TPSA) is 51.0 Å². The summed E-state index contributed by atoms with van der Waals surface area (Å²) in [7, 11) is 0. The molecule has 0 aliphatic carbocycles. The quantitative estimate of drug-likeness (QED) is 0.745. The Morgan fingerprint density at radius 2 is 1.95 bits per heavy atom. The summed E-state index contributed by atoms with van der Waals surface area (Å²) in [6.45, 7) is 1.08. The first-order valence-corrected chi connectivity index (χ1v) is 6.83. The molecule has 20 heavy (non-hydrogen) atoms. The Hall–Kier alpha value is -2.26. The first-order valence-electron chi connectivity index (χ1n) is 6.83. The fourth-order valence-electron chi connectivity index (χ4n) is 2.39. The first-order chi connectivity index (χ1) is 9.86. The molecule has 0 atom stereocenters. The molecule has 102 valence electrons. The lowest BCUT2D eigenvalue weighted by Gasteiger charge is -2.11. The van der Waals surface area contributed by atoms with Gasteiger partial charge in [0.2, 0.25) is 0 Å². The smallest absolute Gasteiger partial charge is 0.122 e. The van der Waals surface area contributed by atoms with Gasteiger partial charge in [0.05, 0.1) is 0 Å². The van der Waals surface area contributed by atoms with Gasteiger partial charge >= 0.3 is 0 Å². The van der Waals surface area contributed by atoms with Crippen LogP contribution in [0.25, 0.3) is 10.9 Å². The van der Waals surface area contributed by atoms with E-state index in [1.54, 1.807) is 0 Å². The van der Waals surface area contributed by atoms with E-state index in [0.717, 1.165) is 12.2 Å². The SMILES string of the molecule is NCCOc1ccccc1Cc1ccc2[nH]ccc2c1. The number of hydrogen-bond acceptors (Lipinski definition) is 2. The van der Waals surface area contributed by atoms with Crippen molar-refractivity contribution in [2.45, 2.75) is 6.42 Å². The van der Waals surface area contributed by atoms with Crippen molar-refractivity contribution in [3.63, 3.8) is 0 Å². The molecule has 0 fully saturated rings. The molecule has 1 aromatic heterocycles. The Morgan fingerprint density at radius 3 is 2.85 bits per heavy atom. The Morgan fingerprint density at radius 1 is 1.05 bits per heavy atom. The number of benzene rings is 2. The van der Waals surface area contributed by atoms with Crippen molar-refractivity contribution >= 4 is 10.9 Å². The molecule has 0 spiro atoms. The summed E-state index contributed by atoms with van der Waals surface area (Å²) in [6, 6.07) is 16.7. The van der Waals surface area contributed by atoms with Gasteiger partial charge in [-0.3, -0.25) is 0 Å². The van der Waals surface area contributed by atoms with E-state index in [2.05, 4.69) is 35.3 Å². The molecule has 1 heterocycles. The average Bonchev–Trinajstić information content (AvgIpc) is 2.94. The summed E-state index contributed by atoms with van der Waals surface area (Å²) < 4.78 is 5.70. The molecule has 3 aromatic rings. The van der Waals surface area contributed by atoms with Crippen molar-refractivity contribution in [3.8, 4) is 5.75 Å². The molecule has 0 aliphatic rings. The van der Waals surface area contributed by atoms with E-state index in [1.165, 1.54) is 22.0 Å². The number of fused-ring (bicyclic) bond motifs is 1. The van der Waals surface area contributed by atoms with Crippen LogP contribution in [0.15, 0.2) is 54.7 Å². The molecule has 3 N–H and O–H groups in total. The molecular weight excluding hydrogens is 248 g/mol. The zero-order chi connectivity index (χ0) is 13.8. The van der Waals surface area contributed by atoms with Gasteiger partial charge in [0.1, 0.15) is 12.4 Å². The summed E-state index contributed by atoms with van der Waals surface area (Å²) in [5, 5.41) is 1.24. The molecule has 3 heteroatoms. The van der Waals surface area contributed by atoms with Crippen LogP contribution in [0.1, 0.15) is 11.1 Å². The fourth-order valence-corrected chi connectivity index (χ4v) is 2.39. The molecule has 0 radical (unpaired) electrons. The second-order valence-electron chi connectivity index (χ2n) is 4.82. The molecular formula is C17H18N2O. The number of H-pyrrole nitrogens is 1. The number of para-hydroxylation sites is 1. The van der Waals surface area contributed by atoms with Crippen molar-refractivity contribution in [2.75, 3.05) is 13.2 Å². The van der Waals surface area contributed by atoms with Gasteiger partial charge in [-0.25, -0.2) is 0 Å². The van der Waals surface area contributed by atoms with E-state index >= 15 is 0 Å². The molecule has 0 bridgehead atoms. The van der Waals surface area contributed by atoms with Gasteiger partial charge in [0.25, 0.3) is 0 Å². The van der Waals surface area contributed by atoms with Crippen molar-refractivity contribution in [1.29, 1.82) is 0 Å². The van der Waals surface area contributed by atoms with E-state index in [0.29, 0.717) is 13.2 Å². The van der Waals surface area contributed by atoms with Gasteiger partial charge in [-0.2, -0.15) is 0 Å². The standard InChI is InChI=1S/C17H18N2O/c18-8-10-20-17-4-2-1-3-15(17)12-13-5-6-16-14(11-13)7-9-19-16/h1-7,9,11,19H,8,10,12,18H2. The van der Waals surface area contributed by atoms with Gasteiger partial charge in [0.15, 0.2) is 0 Å². The minimum absolute atomic E-state index is 0.531. The minimum atomic E-state index is 0.531. The maximum atomic E-state index is 5.70. The summed E-state index contributed by atoms with van der Waals surface area (Å²) in [6.07, 6.45) is 2.83. The molecule has 3 nitrogen and oxygen atoms in total. The van der Waals surface area contributed by atoms with Gasteiger partial charge in [-0.1, -0.05) is 24.3 Å². The molecule has 3 rings (SSSR count). The highest BCUT2D eigenvalue weighted by Crippen LogP contribution is 2.23. The zero-order valence-electron chi connectivity index (χ0n) is 11.3. The summed E-state index contributed by atoms with van der Waals surface area (Å²) >= 11 is 0.